The van der Waals surface area contributed by atoms with Gasteiger partial charge in [-0.2, -0.15) is 0 Å². The van der Waals surface area contributed by atoms with E-state index in [0.29, 0.717) is 0 Å². The molecule has 1 N–H and O–H groups in total. The van der Waals surface area contributed by atoms with E-state index >= 15 is 0 Å². The largest absolute Gasteiger partial charge is 0.450 e. The second-order valence-corrected chi connectivity index (χ2v) is 2.60. The zero-order valence-corrected chi connectivity index (χ0v) is 9.11. The molecule has 0 aromatic heterocycles. The molecule has 0 aromatic rings. The second kappa shape index (κ2) is 7.22. The van der Waals surface area contributed by atoms with E-state index in [1.807, 2.05) is 0 Å². The molecule has 6 heteroatoms. The summed E-state index contributed by atoms with van der Waals surface area (Å²) < 4.78 is 8.84. The van der Waals surface area contributed by atoms with Crippen LogP contribution in [-0.4, -0.2) is 24.6 Å². The summed E-state index contributed by atoms with van der Waals surface area (Å²) in [6.07, 6.45) is 1.27. The summed E-state index contributed by atoms with van der Waals surface area (Å²) in [4.78, 5) is 32.6. The Bertz CT molecular complexity index is 332. The minimum absolute atomic E-state index is 0.0586. The Morgan fingerprint density at radius 2 is 2.00 bits per heavy atom. The van der Waals surface area contributed by atoms with E-state index in [4.69, 9.17) is 0 Å². The van der Waals surface area contributed by atoms with Crippen molar-refractivity contribution in [2.75, 3.05) is 6.61 Å². The number of rotatable bonds is 4. The summed E-state index contributed by atoms with van der Waals surface area (Å²) in [5.41, 5.74) is 0.0586. The van der Waals surface area contributed by atoms with Gasteiger partial charge in [-0.25, -0.2) is 14.4 Å². The third kappa shape index (κ3) is 5.58. The third-order valence-corrected chi connectivity index (χ3v) is 1.36. The van der Waals surface area contributed by atoms with Crippen molar-refractivity contribution >= 4 is 18.0 Å². The molecule has 0 aromatic carbocycles. The van der Waals surface area contributed by atoms with Gasteiger partial charge in [0.1, 0.15) is 0 Å². The first kappa shape index (κ1) is 13.9. The van der Waals surface area contributed by atoms with Crippen molar-refractivity contribution in [1.29, 1.82) is 0 Å². The second-order valence-electron chi connectivity index (χ2n) is 2.60. The summed E-state index contributed by atoms with van der Waals surface area (Å²) in [7, 11) is 0. The van der Waals surface area contributed by atoms with Crippen LogP contribution in [0.25, 0.3) is 0 Å². The van der Waals surface area contributed by atoms with Crippen LogP contribution >= 0.6 is 0 Å². The van der Waals surface area contributed by atoms with Crippen LogP contribution < -0.4 is 5.32 Å². The van der Waals surface area contributed by atoms with Crippen LogP contribution in [-0.2, 0) is 19.1 Å². The lowest BCUT2D eigenvalue weighted by molar-refractivity contribution is -0.153. The van der Waals surface area contributed by atoms with Gasteiger partial charge in [-0.1, -0.05) is 6.58 Å². The van der Waals surface area contributed by atoms with Crippen molar-refractivity contribution in [1.82, 2.24) is 5.32 Å². The first-order chi connectivity index (χ1) is 7.51. The summed E-state index contributed by atoms with van der Waals surface area (Å²) in [6.45, 7) is 6.38. The average molecular weight is 227 g/mol. The molecule has 0 saturated heterocycles. The van der Waals surface area contributed by atoms with E-state index in [2.05, 4.69) is 21.4 Å². The molecular weight excluding hydrogens is 214 g/mol. The number of hydrogen-bond donors (Lipinski definition) is 1. The molecule has 0 radical (unpaired) electrons. The van der Waals surface area contributed by atoms with Gasteiger partial charge >= 0.3 is 18.0 Å². The molecule has 0 atom stereocenters. The Morgan fingerprint density at radius 3 is 2.50 bits per heavy atom. The van der Waals surface area contributed by atoms with Gasteiger partial charge in [0.15, 0.2) is 0 Å². The Balaban J connectivity index is 4.21. The lowest BCUT2D eigenvalue weighted by Gasteiger charge is -2.02. The Labute approximate surface area is 92.9 Å². The van der Waals surface area contributed by atoms with Crippen molar-refractivity contribution in [2.24, 2.45) is 0 Å². The molecule has 88 valence electrons. The summed E-state index contributed by atoms with van der Waals surface area (Å²) in [6, 6.07) is 0. The van der Waals surface area contributed by atoms with Crippen LogP contribution in [0.15, 0.2) is 24.4 Å². The molecule has 0 aliphatic heterocycles. The average Bonchev–Trinajstić information content (AvgIpc) is 2.25. The molecule has 0 aliphatic carbocycles. The fourth-order valence-electron chi connectivity index (χ4n) is 0.612. The van der Waals surface area contributed by atoms with Gasteiger partial charge < -0.3 is 9.47 Å². The highest BCUT2D eigenvalue weighted by Crippen LogP contribution is 1.96. The molecule has 0 fully saturated rings. The third-order valence-electron chi connectivity index (χ3n) is 1.36. The molecule has 16 heavy (non-hydrogen) atoms. The van der Waals surface area contributed by atoms with Crippen LogP contribution in [0.3, 0.4) is 0 Å². The molecule has 0 rings (SSSR count). The molecule has 1 amide bonds. The number of alkyl carbamates (subject to hydrolysis) is 1. The van der Waals surface area contributed by atoms with Crippen molar-refractivity contribution in [2.45, 2.75) is 13.8 Å². The minimum atomic E-state index is -0.860. The molecule has 0 bridgehead atoms. The molecule has 0 spiro atoms. The topological polar surface area (TPSA) is 81.7 Å². The fourth-order valence-corrected chi connectivity index (χ4v) is 0.612. The highest BCUT2D eigenvalue weighted by Gasteiger charge is 2.09. The van der Waals surface area contributed by atoms with Gasteiger partial charge in [-0.3, -0.25) is 5.32 Å². The lowest BCUT2D eigenvalue weighted by Crippen LogP contribution is -2.20. The van der Waals surface area contributed by atoms with Gasteiger partial charge in [0.05, 0.1) is 12.2 Å². The Morgan fingerprint density at radius 1 is 1.38 bits per heavy atom. The molecule has 0 heterocycles. The molecule has 0 aliphatic rings. The first-order valence-electron chi connectivity index (χ1n) is 4.49. The number of esters is 2. The monoisotopic (exact) mass is 227 g/mol. The SMILES string of the molecule is C=CC(=O)OC(=O)C(C)=CNC(=O)OCC. The van der Waals surface area contributed by atoms with Crippen molar-refractivity contribution in [3.63, 3.8) is 0 Å². The first-order valence-corrected chi connectivity index (χ1v) is 4.49. The molecule has 6 nitrogen and oxygen atoms in total. The molecule has 0 saturated carbocycles. The van der Waals surface area contributed by atoms with Crippen LogP contribution in [0, 0.1) is 0 Å². The zero-order valence-electron chi connectivity index (χ0n) is 9.11. The van der Waals surface area contributed by atoms with E-state index < -0.39 is 18.0 Å². The number of carbonyl (C=O) groups is 3. The number of hydrogen-bond acceptors (Lipinski definition) is 5. The van der Waals surface area contributed by atoms with Gasteiger partial charge in [0.2, 0.25) is 0 Å². The molecular formula is C10H13NO5. The maximum atomic E-state index is 11.1. The maximum absolute atomic E-state index is 11.1. The highest BCUT2D eigenvalue weighted by atomic mass is 16.6. The van der Waals surface area contributed by atoms with Crippen LogP contribution in [0.4, 0.5) is 4.79 Å². The van der Waals surface area contributed by atoms with Crippen LogP contribution in [0.1, 0.15) is 13.8 Å². The quantitative estimate of drug-likeness (QED) is 0.438. The van der Waals surface area contributed by atoms with Crippen molar-refractivity contribution in [3.8, 4) is 0 Å². The van der Waals surface area contributed by atoms with Gasteiger partial charge in [-0.15, -0.1) is 0 Å². The zero-order chi connectivity index (χ0) is 12.6. The van der Waals surface area contributed by atoms with E-state index in [1.165, 1.54) is 6.92 Å². The number of carbonyl (C=O) groups excluding carboxylic acids is 3. The van der Waals surface area contributed by atoms with E-state index in [0.717, 1.165) is 12.3 Å². The maximum Gasteiger partial charge on any atom is 0.411 e. The Hall–Kier alpha value is -2.11. The van der Waals surface area contributed by atoms with Crippen LogP contribution in [0.2, 0.25) is 0 Å². The molecule has 0 unspecified atom stereocenters. The number of nitrogens with one attached hydrogen (secondary N) is 1. The van der Waals surface area contributed by atoms with Gasteiger partial charge in [-0.05, 0) is 13.8 Å². The van der Waals surface area contributed by atoms with E-state index in [-0.39, 0.29) is 12.2 Å². The highest BCUT2D eigenvalue weighted by molar-refractivity contribution is 5.99. The van der Waals surface area contributed by atoms with Gasteiger partial charge in [0, 0.05) is 12.3 Å². The summed E-state index contributed by atoms with van der Waals surface area (Å²) in [5, 5.41) is 2.19. The van der Waals surface area contributed by atoms with E-state index in [1.54, 1.807) is 6.92 Å². The smallest absolute Gasteiger partial charge is 0.411 e. The number of ether oxygens (including phenoxy) is 2. The Kier molecular flexibility index (Phi) is 6.27. The van der Waals surface area contributed by atoms with E-state index in [9.17, 15) is 14.4 Å². The van der Waals surface area contributed by atoms with Gasteiger partial charge in [0.25, 0.3) is 0 Å². The summed E-state index contributed by atoms with van der Waals surface area (Å²) >= 11 is 0. The standard InChI is InChI=1S/C10H13NO5/c1-4-8(12)16-9(13)7(3)6-11-10(14)15-5-2/h4,6H,1,5H2,2-3H3,(H,11,14). The normalized spacial score (nSPS) is 10.2. The van der Waals surface area contributed by atoms with Crippen molar-refractivity contribution in [3.05, 3.63) is 24.4 Å². The minimum Gasteiger partial charge on any atom is -0.450 e. The lowest BCUT2D eigenvalue weighted by atomic mass is 10.3. The summed E-state index contributed by atoms with van der Waals surface area (Å²) in [5.74, 6) is -1.71. The fraction of sp³-hybridized carbons (Fsp3) is 0.300. The predicted molar refractivity (Wildman–Crippen MR) is 55.2 cm³/mol. The van der Waals surface area contributed by atoms with Crippen molar-refractivity contribution < 1.29 is 23.9 Å². The van der Waals surface area contributed by atoms with Crippen LogP contribution in [0.5, 0.6) is 0 Å². The number of amides is 1. The predicted octanol–water partition coefficient (Wildman–Crippen LogP) is 0.892.